The van der Waals surface area contributed by atoms with E-state index in [4.69, 9.17) is 17.0 Å². The van der Waals surface area contributed by atoms with Crippen molar-refractivity contribution in [2.45, 2.75) is 32.9 Å². The van der Waals surface area contributed by atoms with Gasteiger partial charge < -0.3 is 24.8 Å². The second kappa shape index (κ2) is 11.0. The zero-order valence-electron chi connectivity index (χ0n) is 22.2. The number of hydrogen-bond donors (Lipinski definition) is 2. The number of ether oxygens (including phenoxy) is 1. The fourth-order valence-electron chi connectivity index (χ4n) is 5.30. The molecule has 200 valence electrons. The van der Waals surface area contributed by atoms with Crippen LogP contribution < -0.4 is 15.5 Å². The van der Waals surface area contributed by atoms with Crippen LogP contribution in [-0.2, 0) is 9.53 Å². The van der Waals surface area contributed by atoms with Gasteiger partial charge in [0.15, 0.2) is 5.11 Å². The van der Waals surface area contributed by atoms with Crippen LogP contribution in [0.1, 0.15) is 40.3 Å². The predicted octanol–water partition coefficient (Wildman–Crippen LogP) is 5.70. The van der Waals surface area contributed by atoms with Crippen molar-refractivity contribution in [3.63, 3.8) is 0 Å². The smallest absolute Gasteiger partial charge is 0.250 e. The number of carbonyl (C=O) groups is 1. The molecule has 1 saturated heterocycles. The van der Waals surface area contributed by atoms with Gasteiger partial charge in [0.05, 0.1) is 17.8 Å². The molecule has 0 spiro atoms. The average molecular weight is 544 g/mol. The molecule has 39 heavy (non-hydrogen) atoms. The van der Waals surface area contributed by atoms with E-state index in [1.807, 2.05) is 63.2 Å². The minimum absolute atomic E-state index is 0.0178. The number of benzene rings is 2. The Hall–Kier alpha value is -4.08. The molecule has 0 unspecified atom stereocenters. The Labute approximate surface area is 232 Å². The van der Waals surface area contributed by atoms with Crippen LogP contribution in [0.15, 0.2) is 72.9 Å². The maximum absolute atomic E-state index is 14.1. The van der Waals surface area contributed by atoms with Crippen LogP contribution in [-0.4, -0.2) is 34.3 Å². The highest BCUT2D eigenvalue weighted by molar-refractivity contribution is 7.80. The normalized spacial score (nSPS) is 16.8. The summed E-state index contributed by atoms with van der Waals surface area (Å²) in [4.78, 5) is 18.8. The number of amides is 1. The van der Waals surface area contributed by atoms with E-state index in [2.05, 4.69) is 31.2 Å². The van der Waals surface area contributed by atoms with Crippen LogP contribution in [0, 0.1) is 26.6 Å². The van der Waals surface area contributed by atoms with E-state index in [9.17, 15) is 9.18 Å². The molecule has 1 aliphatic heterocycles. The van der Waals surface area contributed by atoms with E-state index in [-0.39, 0.29) is 30.4 Å². The summed E-state index contributed by atoms with van der Waals surface area (Å²) in [5.74, 6) is -0.504. The van der Waals surface area contributed by atoms with Gasteiger partial charge in [0.25, 0.3) is 0 Å². The first-order valence-corrected chi connectivity index (χ1v) is 13.0. The number of anilines is 2. The Morgan fingerprint density at radius 2 is 1.90 bits per heavy atom. The van der Waals surface area contributed by atoms with E-state index in [1.165, 1.54) is 19.2 Å². The molecular formula is C30H30FN5O2S. The zero-order chi connectivity index (χ0) is 27.7. The van der Waals surface area contributed by atoms with E-state index in [1.54, 1.807) is 12.3 Å². The second-order valence-corrected chi connectivity index (χ2v) is 10.0. The van der Waals surface area contributed by atoms with Crippen molar-refractivity contribution in [2.24, 2.45) is 0 Å². The van der Waals surface area contributed by atoms with Crippen molar-refractivity contribution in [3.05, 3.63) is 107 Å². The maximum Gasteiger partial charge on any atom is 0.250 e. The summed E-state index contributed by atoms with van der Waals surface area (Å²) in [7, 11) is 1.49. The van der Waals surface area contributed by atoms with E-state index >= 15 is 0 Å². The van der Waals surface area contributed by atoms with Gasteiger partial charge in [-0.25, -0.2) is 4.39 Å². The first-order valence-electron chi connectivity index (χ1n) is 12.6. The number of halogens is 1. The van der Waals surface area contributed by atoms with Crippen molar-refractivity contribution in [1.82, 2.24) is 14.9 Å². The molecule has 2 aromatic carbocycles. The fraction of sp³-hybridized carbons (Fsp3) is 0.233. The van der Waals surface area contributed by atoms with Gasteiger partial charge in [-0.05, 0) is 98.7 Å². The molecule has 3 heterocycles. The molecule has 5 rings (SSSR count). The lowest BCUT2D eigenvalue weighted by molar-refractivity contribution is -0.119. The Morgan fingerprint density at radius 3 is 2.59 bits per heavy atom. The Bertz CT molecular complexity index is 1540. The van der Waals surface area contributed by atoms with Crippen LogP contribution in [0.2, 0.25) is 0 Å². The van der Waals surface area contributed by atoms with Crippen molar-refractivity contribution in [1.29, 1.82) is 0 Å². The molecule has 0 radical (unpaired) electrons. The lowest BCUT2D eigenvalue weighted by Gasteiger charge is -2.29. The summed E-state index contributed by atoms with van der Waals surface area (Å²) in [6, 6.07) is 20.0. The van der Waals surface area contributed by atoms with Gasteiger partial charge in [-0.15, -0.1) is 0 Å². The molecule has 0 bridgehead atoms. The quantitative estimate of drug-likeness (QED) is 0.292. The Morgan fingerprint density at radius 1 is 1.08 bits per heavy atom. The largest absolute Gasteiger partial charge is 0.375 e. The standard InChI is InChI=1S/C30H30FN5O2S/c1-18-14-23(11-12-25(18)33-27(37)17-38-4)36-29(28(34-30(36)39)26-10-5-6-13-32-26)24-15-19(2)35(20(24)3)22-9-7-8-21(31)16-22/h5-16,28-29H,17H2,1-4H3,(H,33,37)(H,34,39)/t28-,29-/m1/s1. The van der Waals surface area contributed by atoms with Crippen molar-refractivity contribution in [3.8, 4) is 5.69 Å². The van der Waals surface area contributed by atoms with Gasteiger partial charge in [0, 0.05) is 41.8 Å². The fourth-order valence-corrected chi connectivity index (χ4v) is 5.65. The number of aromatic nitrogens is 2. The molecule has 7 nitrogen and oxygen atoms in total. The van der Waals surface area contributed by atoms with E-state index < -0.39 is 0 Å². The third-order valence-electron chi connectivity index (χ3n) is 6.99. The van der Waals surface area contributed by atoms with Crippen LogP contribution in [0.25, 0.3) is 5.69 Å². The van der Waals surface area contributed by atoms with Crippen LogP contribution in [0.3, 0.4) is 0 Å². The van der Waals surface area contributed by atoms with Gasteiger partial charge >= 0.3 is 0 Å². The molecular weight excluding hydrogens is 513 g/mol. The van der Waals surface area contributed by atoms with Crippen molar-refractivity contribution >= 4 is 34.6 Å². The zero-order valence-corrected chi connectivity index (χ0v) is 23.1. The number of rotatable bonds is 7. The topological polar surface area (TPSA) is 71.4 Å². The van der Waals surface area contributed by atoms with Crippen molar-refractivity contribution < 1.29 is 13.9 Å². The summed E-state index contributed by atoms with van der Waals surface area (Å²) >= 11 is 5.90. The Balaban J connectivity index is 1.61. The van der Waals surface area contributed by atoms with Gasteiger partial charge in [-0.3, -0.25) is 9.78 Å². The molecule has 4 aromatic rings. The number of aryl methyl sites for hydroxylation is 2. The van der Waals surface area contributed by atoms with Crippen LogP contribution in [0.5, 0.6) is 0 Å². The lowest BCUT2D eigenvalue weighted by Crippen LogP contribution is -2.29. The number of pyridine rings is 1. The molecule has 1 aliphatic rings. The SMILES string of the molecule is COCC(=O)Nc1ccc(N2C(=S)N[C@H](c3ccccn3)[C@H]2c2cc(C)n(-c3cccc(F)c3)c2C)cc1C. The minimum atomic E-state index is -0.286. The molecule has 9 heteroatoms. The van der Waals surface area contributed by atoms with Gasteiger partial charge in [0.1, 0.15) is 12.4 Å². The number of hydrogen-bond acceptors (Lipinski definition) is 4. The van der Waals surface area contributed by atoms with Gasteiger partial charge in [-0.1, -0.05) is 12.1 Å². The maximum atomic E-state index is 14.1. The molecule has 2 aromatic heterocycles. The summed E-state index contributed by atoms with van der Waals surface area (Å²) in [5.41, 5.74) is 7.13. The number of carbonyl (C=O) groups excluding carboxylic acids is 1. The summed E-state index contributed by atoms with van der Waals surface area (Å²) in [6.07, 6.45) is 1.78. The highest BCUT2D eigenvalue weighted by Crippen LogP contribution is 2.44. The third kappa shape index (κ3) is 5.15. The highest BCUT2D eigenvalue weighted by Gasteiger charge is 2.42. The number of nitrogens with one attached hydrogen (secondary N) is 2. The molecule has 2 atom stereocenters. The summed E-state index contributed by atoms with van der Waals surface area (Å²) < 4.78 is 21.1. The third-order valence-corrected chi connectivity index (χ3v) is 7.31. The molecule has 1 fully saturated rings. The van der Waals surface area contributed by atoms with Gasteiger partial charge in [-0.2, -0.15) is 0 Å². The van der Waals surface area contributed by atoms with Crippen LogP contribution in [0.4, 0.5) is 15.8 Å². The number of methoxy groups -OCH3 is 1. The first-order chi connectivity index (χ1) is 18.8. The minimum Gasteiger partial charge on any atom is -0.375 e. The number of thiocarbonyl (C=S) groups is 1. The van der Waals surface area contributed by atoms with E-state index in [0.29, 0.717) is 10.8 Å². The average Bonchev–Trinajstić information content (AvgIpc) is 3.40. The van der Waals surface area contributed by atoms with Crippen LogP contribution >= 0.6 is 12.2 Å². The first kappa shape index (κ1) is 26.5. The Kier molecular flexibility index (Phi) is 7.45. The molecule has 2 N–H and O–H groups in total. The van der Waals surface area contributed by atoms with Gasteiger partial charge in [0.2, 0.25) is 5.91 Å². The van der Waals surface area contributed by atoms with E-state index in [0.717, 1.165) is 39.6 Å². The molecule has 0 saturated carbocycles. The predicted molar refractivity (Wildman–Crippen MR) is 155 cm³/mol. The monoisotopic (exact) mass is 543 g/mol. The number of nitrogens with zero attached hydrogens (tertiary/aromatic N) is 3. The highest BCUT2D eigenvalue weighted by atomic mass is 32.1. The molecule has 1 amide bonds. The summed E-state index contributed by atoms with van der Waals surface area (Å²) in [6.45, 7) is 5.99. The summed E-state index contributed by atoms with van der Waals surface area (Å²) in [5, 5.41) is 6.95. The second-order valence-electron chi connectivity index (χ2n) is 9.62. The van der Waals surface area contributed by atoms with Crippen molar-refractivity contribution in [2.75, 3.05) is 23.9 Å². The lowest BCUT2D eigenvalue weighted by atomic mass is 9.96. The molecule has 0 aliphatic carbocycles.